The lowest BCUT2D eigenvalue weighted by Gasteiger charge is -2.19. The summed E-state index contributed by atoms with van der Waals surface area (Å²) in [5, 5.41) is 17.7. The molecule has 1 aromatic rings. The molecule has 0 amide bonds. The molecule has 4 heteroatoms. The normalized spacial score (nSPS) is 14.0. The van der Waals surface area contributed by atoms with Gasteiger partial charge in [-0.25, -0.2) is 8.78 Å². The number of hydrogen-bond acceptors (Lipinski definition) is 2. The van der Waals surface area contributed by atoms with E-state index >= 15 is 0 Å². The average Bonchev–Trinajstić information content (AvgIpc) is 2.08. The summed E-state index contributed by atoms with van der Waals surface area (Å²) in [6.07, 6.45) is -2.19. The molecule has 0 aliphatic carbocycles. The zero-order valence-electron chi connectivity index (χ0n) is 7.74. The van der Waals surface area contributed by atoms with E-state index in [9.17, 15) is 8.78 Å². The van der Waals surface area contributed by atoms with Crippen molar-refractivity contribution in [1.29, 1.82) is 0 Å². The first-order valence-corrected chi connectivity index (χ1v) is 4.25. The smallest absolute Gasteiger partial charge is 0.277 e. The summed E-state index contributed by atoms with van der Waals surface area (Å²) in [5.74, 6) is -3.09. The lowest BCUT2D eigenvalue weighted by Crippen LogP contribution is -2.33. The Morgan fingerprint density at radius 1 is 1.29 bits per heavy atom. The summed E-state index contributed by atoms with van der Waals surface area (Å²) in [5.41, 5.74) is 0.383. The molecular formula is C10H12F2O2. The highest BCUT2D eigenvalue weighted by atomic mass is 19.3. The van der Waals surface area contributed by atoms with E-state index in [4.69, 9.17) is 10.2 Å². The standard InChI is InChI=1S/C10H12F2O2/c1-7(13)10(11,12)6-8-2-4-9(14)5-3-8/h2-5,7,13-14H,6H2,1H3. The molecule has 1 unspecified atom stereocenters. The second-order valence-corrected chi connectivity index (χ2v) is 3.28. The molecule has 1 rings (SSSR count). The Bertz CT molecular complexity index is 293. The summed E-state index contributed by atoms with van der Waals surface area (Å²) in [7, 11) is 0. The van der Waals surface area contributed by atoms with Gasteiger partial charge in [-0.2, -0.15) is 0 Å². The van der Waals surface area contributed by atoms with Gasteiger partial charge in [0.1, 0.15) is 11.9 Å². The predicted octanol–water partition coefficient (Wildman–Crippen LogP) is 1.95. The van der Waals surface area contributed by atoms with Gasteiger partial charge in [-0.05, 0) is 24.6 Å². The van der Waals surface area contributed by atoms with E-state index in [1.807, 2.05) is 0 Å². The van der Waals surface area contributed by atoms with Crippen LogP contribution in [-0.4, -0.2) is 22.2 Å². The number of benzene rings is 1. The molecule has 2 N–H and O–H groups in total. The van der Waals surface area contributed by atoms with E-state index in [0.717, 1.165) is 6.92 Å². The molecule has 0 heterocycles. The highest BCUT2D eigenvalue weighted by Gasteiger charge is 2.35. The maximum atomic E-state index is 13.0. The summed E-state index contributed by atoms with van der Waals surface area (Å²) in [4.78, 5) is 0. The molecule has 0 aromatic heterocycles. The topological polar surface area (TPSA) is 40.5 Å². The number of phenols is 1. The first-order valence-electron chi connectivity index (χ1n) is 4.25. The van der Waals surface area contributed by atoms with E-state index in [-0.39, 0.29) is 5.75 Å². The minimum Gasteiger partial charge on any atom is -0.508 e. The summed E-state index contributed by atoms with van der Waals surface area (Å²) in [6, 6.07) is 5.50. The lowest BCUT2D eigenvalue weighted by atomic mass is 10.0. The minimum atomic E-state index is -3.13. The van der Waals surface area contributed by atoms with Crippen molar-refractivity contribution in [3.8, 4) is 5.75 Å². The molecule has 1 aromatic carbocycles. The number of alkyl halides is 2. The van der Waals surface area contributed by atoms with Crippen molar-refractivity contribution in [3.05, 3.63) is 29.8 Å². The summed E-state index contributed by atoms with van der Waals surface area (Å²) in [6.45, 7) is 1.06. The van der Waals surface area contributed by atoms with Crippen molar-refractivity contribution in [1.82, 2.24) is 0 Å². The number of aliphatic hydroxyl groups is 1. The third-order valence-electron chi connectivity index (χ3n) is 1.99. The van der Waals surface area contributed by atoms with E-state index in [1.165, 1.54) is 24.3 Å². The van der Waals surface area contributed by atoms with Crippen molar-refractivity contribution < 1.29 is 19.0 Å². The van der Waals surface area contributed by atoms with E-state index in [0.29, 0.717) is 5.56 Å². The monoisotopic (exact) mass is 202 g/mol. The van der Waals surface area contributed by atoms with E-state index in [1.54, 1.807) is 0 Å². The zero-order valence-corrected chi connectivity index (χ0v) is 7.74. The first-order chi connectivity index (χ1) is 6.42. The van der Waals surface area contributed by atoms with E-state index < -0.39 is 18.4 Å². The van der Waals surface area contributed by atoms with Crippen LogP contribution < -0.4 is 0 Å². The van der Waals surface area contributed by atoms with Crippen LogP contribution in [0.4, 0.5) is 8.78 Å². The average molecular weight is 202 g/mol. The zero-order chi connectivity index (χ0) is 10.8. The van der Waals surface area contributed by atoms with Crippen LogP contribution in [0.2, 0.25) is 0 Å². The van der Waals surface area contributed by atoms with Crippen LogP contribution in [0.25, 0.3) is 0 Å². The van der Waals surface area contributed by atoms with Crippen molar-refractivity contribution >= 4 is 0 Å². The fourth-order valence-corrected chi connectivity index (χ4v) is 1.03. The Labute approximate surface area is 80.8 Å². The van der Waals surface area contributed by atoms with Gasteiger partial charge in [-0.1, -0.05) is 12.1 Å². The second-order valence-electron chi connectivity index (χ2n) is 3.28. The maximum Gasteiger partial charge on any atom is 0.277 e. The van der Waals surface area contributed by atoms with Gasteiger partial charge >= 0.3 is 0 Å². The van der Waals surface area contributed by atoms with Crippen LogP contribution in [0.1, 0.15) is 12.5 Å². The van der Waals surface area contributed by atoms with Crippen molar-refractivity contribution in [2.24, 2.45) is 0 Å². The molecule has 0 aliphatic heterocycles. The third kappa shape index (κ3) is 2.67. The van der Waals surface area contributed by atoms with Gasteiger partial charge in [0, 0.05) is 6.42 Å². The molecule has 14 heavy (non-hydrogen) atoms. The number of hydrogen-bond donors (Lipinski definition) is 2. The number of phenolic OH excluding ortho intramolecular Hbond substituents is 1. The molecule has 2 nitrogen and oxygen atoms in total. The minimum absolute atomic E-state index is 0.0362. The molecule has 0 saturated heterocycles. The fourth-order valence-electron chi connectivity index (χ4n) is 1.03. The Balaban J connectivity index is 2.74. The largest absolute Gasteiger partial charge is 0.508 e. The molecule has 1 atom stereocenters. The molecule has 78 valence electrons. The van der Waals surface area contributed by atoms with Gasteiger partial charge in [0.15, 0.2) is 0 Å². The van der Waals surface area contributed by atoms with Crippen LogP contribution in [0.15, 0.2) is 24.3 Å². The van der Waals surface area contributed by atoms with Gasteiger partial charge in [0.05, 0.1) is 0 Å². The van der Waals surface area contributed by atoms with Crippen LogP contribution in [0.3, 0.4) is 0 Å². The summed E-state index contributed by atoms with van der Waals surface area (Å²) < 4.78 is 26.0. The molecule has 0 fully saturated rings. The predicted molar refractivity (Wildman–Crippen MR) is 48.4 cm³/mol. The maximum absolute atomic E-state index is 13.0. The quantitative estimate of drug-likeness (QED) is 0.786. The van der Waals surface area contributed by atoms with Crippen molar-refractivity contribution in [2.45, 2.75) is 25.4 Å². The van der Waals surface area contributed by atoms with Crippen LogP contribution in [0, 0.1) is 0 Å². The molecule has 0 saturated carbocycles. The van der Waals surface area contributed by atoms with E-state index in [2.05, 4.69) is 0 Å². The van der Waals surface area contributed by atoms with Gasteiger partial charge in [0.25, 0.3) is 5.92 Å². The Kier molecular flexibility index (Phi) is 3.06. The Hall–Kier alpha value is -1.16. The van der Waals surface area contributed by atoms with Crippen LogP contribution in [-0.2, 0) is 6.42 Å². The number of aliphatic hydroxyl groups excluding tert-OH is 1. The van der Waals surface area contributed by atoms with Crippen molar-refractivity contribution in [2.75, 3.05) is 0 Å². The molecular weight excluding hydrogens is 190 g/mol. The number of aromatic hydroxyl groups is 1. The molecule has 0 radical (unpaired) electrons. The van der Waals surface area contributed by atoms with Gasteiger partial charge < -0.3 is 10.2 Å². The van der Waals surface area contributed by atoms with Crippen molar-refractivity contribution in [3.63, 3.8) is 0 Å². The number of halogens is 2. The second kappa shape index (κ2) is 3.92. The summed E-state index contributed by atoms with van der Waals surface area (Å²) >= 11 is 0. The van der Waals surface area contributed by atoms with Gasteiger partial charge in [-0.3, -0.25) is 0 Å². The Morgan fingerprint density at radius 2 is 1.79 bits per heavy atom. The fraction of sp³-hybridized carbons (Fsp3) is 0.400. The molecule has 0 aliphatic rings. The highest BCUT2D eigenvalue weighted by Crippen LogP contribution is 2.24. The SMILES string of the molecule is CC(O)C(F)(F)Cc1ccc(O)cc1. The molecule has 0 bridgehead atoms. The van der Waals surface area contributed by atoms with Gasteiger partial charge in [0.2, 0.25) is 0 Å². The van der Waals surface area contributed by atoms with Crippen LogP contribution in [0.5, 0.6) is 5.75 Å². The van der Waals surface area contributed by atoms with Crippen LogP contribution >= 0.6 is 0 Å². The Morgan fingerprint density at radius 3 is 2.21 bits per heavy atom. The number of rotatable bonds is 3. The first kappa shape index (κ1) is 10.9. The third-order valence-corrected chi connectivity index (χ3v) is 1.99. The van der Waals surface area contributed by atoms with Gasteiger partial charge in [-0.15, -0.1) is 0 Å². The highest BCUT2D eigenvalue weighted by molar-refractivity contribution is 5.26. The lowest BCUT2D eigenvalue weighted by molar-refractivity contribution is -0.0982. The molecule has 0 spiro atoms.